The molecule has 0 bridgehead atoms. The van der Waals surface area contributed by atoms with Gasteiger partial charge in [0.1, 0.15) is 0 Å². The largest absolute Gasteiger partial charge is 0.493 e. The number of carbonyl (C=O) groups is 1. The number of carboxylic acid groups (broad SMARTS) is 1. The van der Waals surface area contributed by atoms with E-state index in [0.29, 0.717) is 17.9 Å². The average Bonchev–Trinajstić information content (AvgIpc) is 2.38. The Labute approximate surface area is 108 Å². The highest BCUT2D eigenvalue weighted by Crippen LogP contribution is 2.32. The molecule has 1 atom stereocenters. The fraction of sp³-hybridized carbons (Fsp3) is 0.500. The van der Waals surface area contributed by atoms with Crippen LogP contribution >= 0.6 is 0 Å². The standard InChI is InChI=1S/C14H20O4/c1-4-5-6-11(14(15)16)10-7-8-12(17-2)13(9-10)18-3/h7-9,11H,4-6H2,1-3H3,(H,15,16). The second kappa shape index (κ2) is 6.89. The Bertz CT molecular complexity index is 401. The van der Waals surface area contributed by atoms with Gasteiger partial charge in [0.15, 0.2) is 11.5 Å². The highest BCUT2D eigenvalue weighted by Gasteiger charge is 2.20. The Kier molecular flexibility index (Phi) is 5.49. The number of benzene rings is 1. The lowest BCUT2D eigenvalue weighted by Gasteiger charge is -2.15. The molecule has 100 valence electrons. The van der Waals surface area contributed by atoms with E-state index in [2.05, 4.69) is 0 Å². The van der Waals surface area contributed by atoms with E-state index in [4.69, 9.17) is 9.47 Å². The Balaban J connectivity index is 3.01. The van der Waals surface area contributed by atoms with Gasteiger partial charge in [-0.3, -0.25) is 4.79 Å². The third-order valence-corrected chi connectivity index (χ3v) is 2.95. The molecule has 0 aromatic heterocycles. The lowest BCUT2D eigenvalue weighted by molar-refractivity contribution is -0.139. The second-order valence-electron chi connectivity index (χ2n) is 4.15. The van der Waals surface area contributed by atoms with Crippen LogP contribution in [0.15, 0.2) is 18.2 Å². The van der Waals surface area contributed by atoms with E-state index in [1.165, 1.54) is 0 Å². The van der Waals surface area contributed by atoms with Crippen LogP contribution in [0.25, 0.3) is 0 Å². The van der Waals surface area contributed by atoms with Crippen molar-refractivity contribution in [2.75, 3.05) is 14.2 Å². The van der Waals surface area contributed by atoms with Crippen molar-refractivity contribution >= 4 is 5.97 Å². The molecule has 0 radical (unpaired) electrons. The zero-order valence-corrected chi connectivity index (χ0v) is 11.1. The molecule has 4 heteroatoms. The molecule has 0 aliphatic rings. The molecule has 0 heterocycles. The third kappa shape index (κ3) is 3.39. The minimum Gasteiger partial charge on any atom is -0.493 e. The van der Waals surface area contributed by atoms with Crippen LogP contribution < -0.4 is 9.47 Å². The summed E-state index contributed by atoms with van der Waals surface area (Å²) in [4.78, 5) is 11.3. The maximum Gasteiger partial charge on any atom is 0.310 e. The van der Waals surface area contributed by atoms with Gasteiger partial charge in [0.25, 0.3) is 0 Å². The summed E-state index contributed by atoms with van der Waals surface area (Å²) in [6.45, 7) is 2.05. The molecule has 18 heavy (non-hydrogen) atoms. The summed E-state index contributed by atoms with van der Waals surface area (Å²) >= 11 is 0. The molecule has 1 unspecified atom stereocenters. The lowest BCUT2D eigenvalue weighted by Crippen LogP contribution is -2.11. The van der Waals surface area contributed by atoms with Gasteiger partial charge in [0.2, 0.25) is 0 Å². The van der Waals surface area contributed by atoms with Crippen LogP contribution in [-0.4, -0.2) is 25.3 Å². The van der Waals surface area contributed by atoms with Crippen LogP contribution in [0, 0.1) is 0 Å². The van der Waals surface area contributed by atoms with E-state index in [1.54, 1.807) is 32.4 Å². The van der Waals surface area contributed by atoms with Gasteiger partial charge in [0.05, 0.1) is 20.1 Å². The van der Waals surface area contributed by atoms with Crippen LogP contribution in [0.3, 0.4) is 0 Å². The maximum absolute atomic E-state index is 11.3. The minimum atomic E-state index is -0.796. The highest BCUT2D eigenvalue weighted by molar-refractivity contribution is 5.76. The van der Waals surface area contributed by atoms with Crippen LogP contribution in [0.2, 0.25) is 0 Å². The summed E-state index contributed by atoms with van der Waals surface area (Å²) in [6.07, 6.45) is 2.52. The lowest BCUT2D eigenvalue weighted by atomic mass is 9.93. The summed E-state index contributed by atoms with van der Waals surface area (Å²) in [5, 5.41) is 9.27. The van der Waals surface area contributed by atoms with Crippen molar-refractivity contribution in [3.63, 3.8) is 0 Å². The fourth-order valence-corrected chi connectivity index (χ4v) is 1.91. The van der Waals surface area contributed by atoms with Gasteiger partial charge in [0, 0.05) is 0 Å². The number of hydrogen-bond donors (Lipinski definition) is 1. The van der Waals surface area contributed by atoms with Crippen molar-refractivity contribution in [3.8, 4) is 11.5 Å². The summed E-state index contributed by atoms with van der Waals surface area (Å²) < 4.78 is 10.3. The van der Waals surface area contributed by atoms with E-state index in [1.807, 2.05) is 6.92 Å². The quantitative estimate of drug-likeness (QED) is 0.810. The first-order valence-corrected chi connectivity index (χ1v) is 6.08. The molecule has 0 saturated carbocycles. The number of hydrogen-bond acceptors (Lipinski definition) is 3. The van der Waals surface area contributed by atoms with E-state index in [-0.39, 0.29) is 0 Å². The maximum atomic E-state index is 11.3. The SMILES string of the molecule is CCCCC(C(=O)O)c1ccc(OC)c(OC)c1. The molecule has 1 aromatic rings. The zero-order valence-electron chi connectivity index (χ0n) is 11.1. The van der Waals surface area contributed by atoms with Gasteiger partial charge in [-0.15, -0.1) is 0 Å². The summed E-state index contributed by atoms with van der Waals surface area (Å²) in [5.41, 5.74) is 0.758. The predicted octanol–water partition coefficient (Wildman–Crippen LogP) is 3.06. The first-order chi connectivity index (χ1) is 8.63. The molecule has 0 aliphatic heterocycles. The number of ether oxygens (including phenoxy) is 2. The summed E-state index contributed by atoms with van der Waals surface area (Å²) in [5.74, 6) is -0.0981. The van der Waals surface area contributed by atoms with Crippen molar-refractivity contribution in [3.05, 3.63) is 23.8 Å². The van der Waals surface area contributed by atoms with Gasteiger partial charge in [-0.2, -0.15) is 0 Å². The third-order valence-electron chi connectivity index (χ3n) is 2.95. The molecule has 0 aliphatic carbocycles. The van der Waals surface area contributed by atoms with E-state index >= 15 is 0 Å². The van der Waals surface area contributed by atoms with Crippen LogP contribution in [0.1, 0.15) is 37.7 Å². The van der Waals surface area contributed by atoms with Crippen molar-refractivity contribution < 1.29 is 19.4 Å². The van der Waals surface area contributed by atoms with Crippen LogP contribution in [0.4, 0.5) is 0 Å². The van der Waals surface area contributed by atoms with E-state index < -0.39 is 11.9 Å². The molecule has 4 nitrogen and oxygen atoms in total. The van der Waals surface area contributed by atoms with Crippen molar-refractivity contribution in [1.82, 2.24) is 0 Å². The van der Waals surface area contributed by atoms with E-state index in [9.17, 15) is 9.90 Å². The van der Waals surface area contributed by atoms with Crippen LogP contribution in [0.5, 0.6) is 11.5 Å². The highest BCUT2D eigenvalue weighted by atomic mass is 16.5. The average molecular weight is 252 g/mol. The number of carboxylic acids is 1. The number of unbranched alkanes of at least 4 members (excludes halogenated alkanes) is 1. The molecule has 0 spiro atoms. The van der Waals surface area contributed by atoms with Gasteiger partial charge < -0.3 is 14.6 Å². The van der Waals surface area contributed by atoms with Gasteiger partial charge in [-0.25, -0.2) is 0 Å². The number of rotatable bonds is 7. The zero-order chi connectivity index (χ0) is 13.5. The molecule has 0 fully saturated rings. The van der Waals surface area contributed by atoms with Gasteiger partial charge in [-0.1, -0.05) is 25.8 Å². The molecule has 1 N–H and O–H groups in total. The first-order valence-electron chi connectivity index (χ1n) is 6.08. The molecule has 1 aromatic carbocycles. The number of methoxy groups -OCH3 is 2. The molecular weight excluding hydrogens is 232 g/mol. The Morgan fingerprint density at radius 3 is 2.44 bits per heavy atom. The molecule has 0 amide bonds. The van der Waals surface area contributed by atoms with E-state index in [0.717, 1.165) is 18.4 Å². The predicted molar refractivity (Wildman–Crippen MR) is 69.4 cm³/mol. The minimum absolute atomic E-state index is 0.482. The molecule has 0 saturated heterocycles. The molecular formula is C14H20O4. The van der Waals surface area contributed by atoms with Crippen molar-refractivity contribution in [2.45, 2.75) is 32.1 Å². The Morgan fingerprint density at radius 2 is 1.94 bits per heavy atom. The first kappa shape index (κ1) is 14.4. The smallest absolute Gasteiger partial charge is 0.310 e. The van der Waals surface area contributed by atoms with Crippen molar-refractivity contribution in [2.24, 2.45) is 0 Å². The van der Waals surface area contributed by atoms with Gasteiger partial charge >= 0.3 is 5.97 Å². The molecule has 1 rings (SSSR count). The van der Waals surface area contributed by atoms with Crippen molar-refractivity contribution in [1.29, 1.82) is 0 Å². The topological polar surface area (TPSA) is 55.8 Å². The summed E-state index contributed by atoms with van der Waals surface area (Å²) in [6, 6.07) is 5.28. The fourth-order valence-electron chi connectivity index (χ4n) is 1.91. The normalized spacial score (nSPS) is 11.9. The Hall–Kier alpha value is -1.71. The Morgan fingerprint density at radius 1 is 1.28 bits per heavy atom. The van der Waals surface area contributed by atoms with Gasteiger partial charge in [-0.05, 0) is 24.1 Å². The monoisotopic (exact) mass is 252 g/mol. The number of aliphatic carboxylic acids is 1. The summed E-state index contributed by atoms with van der Waals surface area (Å²) in [7, 11) is 3.10. The van der Waals surface area contributed by atoms with Crippen LogP contribution in [-0.2, 0) is 4.79 Å². The second-order valence-corrected chi connectivity index (χ2v) is 4.15.